The maximum Gasteiger partial charge on any atom is 0.263 e. The number of amides is 3. The molecule has 5 nitrogen and oxygen atoms in total. The van der Waals surface area contributed by atoms with Crippen molar-refractivity contribution in [1.29, 1.82) is 0 Å². The molecule has 0 saturated carbocycles. The van der Waals surface area contributed by atoms with Crippen molar-refractivity contribution in [2.75, 3.05) is 0 Å². The van der Waals surface area contributed by atoms with Crippen LogP contribution >= 0.6 is 57.7 Å². The van der Waals surface area contributed by atoms with Gasteiger partial charge in [0.05, 0.1) is 37.8 Å². The maximum atomic E-state index is 12.7. The molecule has 10 heteroatoms. The summed E-state index contributed by atoms with van der Waals surface area (Å²) in [5, 5.41) is 4.01. The molecule has 0 radical (unpaired) electrons. The van der Waals surface area contributed by atoms with Crippen molar-refractivity contribution in [3.63, 3.8) is 0 Å². The van der Waals surface area contributed by atoms with E-state index in [2.05, 4.69) is 5.32 Å². The van der Waals surface area contributed by atoms with Crippen LogP contribution in [0.15, 0.2) is 17.5 Å². The maximum absolute atomic E-state index is 12.7. The second-order valence-corrected chi connectivity index (χ2v) is 8.00. The van der Waals surface area contributed by atoms with Crippen LogP contribution in [-0.4, -0.2) is 28.7 Å². The molecule has 0 spiro atoms. The van der Waals surface area contributed by atoms with Gasteiger partial charge in [0, 0.05) is 4.88 Å². The Bertz CT molecular complexity index is 883. The Morgan fingerprint density at radius 2 is 1.62 bits per heavy atom. The third-order valence-corrected chi connectivity index (χ3v) is 6.59. The predicted octanol–water partition coefficient (Wildman–Crippen LogP) is 4.66. The van der Waals surface area contributed by atoms with Gasteiger partial charge in [0.1, 0.15) is 6.04 Å². The monoisotopic (exact) mass is 450 g/mol. The summed E-state index contributed by atoms with van der Waals surface area (Å²) in [7, 11) is 0. The van der Waals surface area contributed by atoms with E-state index in [1.54, 1.807) is 0 Å². The first-order valence-corrected chi connectivity index (χ1v) is 9.68. The van der Waals surface area contributed by atoms with Gasteiger partial charge in [-0.25, -0.2) is 0 Å². The highest BCUT2D eigenvalue weighted by Crippen LogP contribution is 2.45. The largest absolute Gasteiger partial charge is 0.349 e. The van der Waals surface area contributed by atoms with Crippen LogP contribution in [0.1, 0.15) is 32.5 Å². The summed E-state index contributed by atoms with van der Waals surface area (Å²) in [6.45, 7) is 1.74. The Balaban J connectivity index is 1.88. The molecular formula is C16H10Cl4N2O3S. The fraction of sp³-hybridized carbons (Fsp3) is 0.188. The highest BCUT2D eigenvalue weighted by molar-refractivity contribution is 7.09. The SMILES string of the molecule is CC(C(=O)NCc1cccs1)N1C(=O)c2c(Cl)c(Cl)c(Cl)c(Cl)c2C1=O. The third-order valence-electron chi connectivity index (χ3n) is 3.92. The number of carbonyl (C=O) groups is 3. The number of imide groups is 1. The first kappa shape index (κ1) is 19.5. The van der Waals surface area contributed by atoms with E-state index in [9.17, 15) is 14.4 Å². The number of halogens is 4. The number of carbonyl (C=O) groups excluding carboxylic acids is 3. The molecule has 3 amide bonds. The smallest absolute Gasteiger partial charge is 0.263 e. The van der Waals surface area contributed by atoms with Crippen molar-refractivity contribution in [2.45, 2.75) is 19.5 Å². The zero-order chi connectivity index (χ0) is 19.2. The lowest BCUT2D eigenvalue weighted by Crippen LogP contribution is -2.47. The summed E-state index contributed by atoms with van der Waals surface area (Å²) in [5.41, 5.74) is -0.289. The van der Waals surface area contributed by atoms with E-state index in [4.69, 9.17) is 46.4 Å². The minimum Gasteiger partial charge on any atom is -0.349 e. The van der Waals surface area contributed by atoms with Crippen LogP contribution in [0.5, 0.6) is 0 Å². The molecule has 2 heterocycles. The second kappa shape index (κ2) is 7.37. The van der Waals surface area contributed by atoms with Crippen LogP contribution < -0.4 is 5.32 Å². The molecule has 1 atom stereocenters. The number of nitrogens with one attached hydrogen (secondary N) is 1. The van der Waals surface area contributed by atoms with Crippen LogP contribution in [0.4, 0.5) is 0 Å². The molecule has 0 saturated heterocycles. The Labute approximate surface area is 172 Å². The highest BCUT2D eigenvalue weighted by atomic mass is 35.5. The van der Waals surface area contributed by atoms with E-state index in [-0.39, 0.29) is 31.2 Å². The number of hydrogen-bond donors (Lipinski definition) is 1. The number of thiophene rings is 1. The Hall–Kier alpha value is -1.31. The topological polar surface area (TPSA) is 66.5 Å². The fourth-order valence-corrected chi connectivity index (χ4v) is 4.23. The number of fused-ring (bicyclic) bond motifs is 1. The molecule has 2 aromatic rings. The van der Waals surface area contributed by atoms with Gasteiger partial charge in [-0.05, 0) is 18.4 Å². The number of nitrogens with zero attached hydrogens (tertiary/aromatic N) is 1. The van der Waals surface area contributed by atoms with Crippen molar-refractivity contribution in [3.8, 4) is 0 Å². The Kier molecular flexibility index (Phi) is 5.51. The second-order valence-electron chi connectivity index (χ2n) is 5.46. The zero-order valence-electron chi connectivity index (χ0n) is 13.1. The van der Waals surface area contributed by atoms with Gasteiger partial charge >= 0.3 is 0 Å². The molecule has 1 aliphatic heterocycles. The summed E-state index contributed by atoms with van der Waals surface area (Å²) in [5.74, 6) is -1.97. The molecule has 1 N–H and O–H groups in total. The average Bonchev–Trinajstić information content (AvgIpc) is 3.21. The normalized spacial score (nSPS) is 14.6. The molecule has 26 heavy (non-hydrogen) atoms. The van der Waals surface area contributed by atoms with E-state index >= 15 is 0 Å². The number of benzene rings is 1. The molecule has 1 aromatic heterocycles. The lowest BCUT2D eigenvalue weighted by molar-refractivity contribution is -0.124. The molecule has 0 aliphatic carbocycles. The lowest BCUT2D eigenvalue weighted by Gasteiger charge is -2.21. The van der Waals surface area contributed by atoms with Gasteiger partial charge in [-0.2, -0.15) is 0 Å². The first-order chi connectivity index (χ1) is 12.3. The third kappa shape index (κ3) is 3.10. The van der Waals surface area contributed by atoms with Crippen molar-refractivity contribution in [3.05, 3.63) is 53.6 Å². The van der Waals surface area contributed by atoms with Gasteiger partial charge in [0.25, 0.3) is 11.8 Å². The van der Waals surface area contributed by atoms with Crippen molar-refractivity contribution in [2.24, 2.45) is 0 Å². The molecule has 1 aliphatic rings. The van der Waals surface area contributed by atoms with Crippen molar-refractivity contribution < 1.29 is 14.4 Å². The summed E-state index contributed by atoms with van der Waals surface area (Å²) in [4.78, 5) is 39.6. The number of hydrogen-bond acceptors (Lipinski definition) is 4. The first-order valence-electron chi connectivity index (χ1n) is 7.29. The lowest BCUT2D eigenvalue weighted by atomic mass is 10.1. The van der Waals surface area contributed by atoms with Crippen LogP contribution in [-0.2, 0) is 11.3 Å². The van der Waals surface area contributed by atoms with E-state index < -0.39 is 23.8 Å². The van der Waals surface area contributed by atoms with Gasteiger partial charge in [0.15, 0.2) is 0 Å². The van der Waals surface area contributed by atoms with Crippen LogP contribution in [0.25, 0.3) is 0 Å². The predicted molar refractivity (Wildman–Crippen MR) is 103 cm³/mol. The Morgan fingerprint density at radius 1 is 1.08 bits per heavy atom. The minimum atomic E-state index is -1.06. The fourth-order valence-electron chi connectivity index (χ4n) is 2.57. The quantitative estimate of drug-likeness (QED) is 0.417. The average molecular weight is 452 g/mol. The van der Waals surface area contributed by atoms with Crippen LogP contribution in [0.3, 0.4) is 0 Å². The van der Waals surface area contributed by atoms with Gasteiger partial charge < -0.3 is 5.32 Å². The molecular weight excluding hydrogens is 442 g/mol. The molecule has 0 fully saturated rings. The molecule has 0 bridgehead atoms. The van der Waals surface area contributed by atoms with E-state index in [1.807, 2.05) is 17.5 Å². The van der Waals surface area contributed by atoms with Gasteiger partial charge in [-0.3, -0.25) is 19.3 Å². The zero-order valence-corrected chi connectivity index (χ0v) is 16.9. The molecule has 1 aromatic carbocycles. The summed E-state index contributed by atoms with van der Waals surface area (Å²) in [6, 6.07) is 2.66. The van der Waals surface area contributed by atoms with Crippen molar-refractivity contribution in [1.82, 2.24) is 10.2 Å². The van der Waals surface area contributed by atoms with Crippen molar-refractivity contribution >= 4 is 75.5 Å². The summed E-state index contributed by atoms with van der Waals surface area (Å²) < 4.78 is 0. The highest BCUT2D eigenvalue weighted by Gasteiger charge is 2.45. The molecule has 3 rings (SSSR count). The van der Waals surface area contributed by atoms with E-state index in [0.717, 1.165) is 9.78 Å². The molecule has 1 unspecified atom stereocenters. The van der Waals surface area contributed by atoms with Gasteiger partial charge in [-0.15, -0.1) is 11.3 Å². The van der Waals surface area contributed by atoms with Gasteiger partial charge in [0.2, 0.25) is 5.91 Å². The summed E-state index contributed by atoms with van der Waals surface area (Å²) >= 11 is 25.6. The minimum absolute atomic E-state index is 0.116. The standard InChI is InChI=1S/C16H10Cl4N2O3S/c1-6(14(23)21-5-7-3-2-4-26-7)22-15(24)8-9(16(22)25)11(18)13(20)12(19)10(8)17/h2-4,6H,5H2,1H3,(H,21,23). The Morgan fingerprint density at radius 3 is 2.08 bits per heavy atom. The van der Waals surface area contributed by atoms with Gasteiger partial charge in [-0.1, -0.05) is 52.5 Å². The van der Waals surface area contributed by atoms with Crippen LogP contribution in [0, 0.1) is 0 Å². The van der Waals surface area contributed by atoms with Crippen LogP contribution in [0.2, 0.25) is 20.1 Å². The molecule has 136 valence electrons. The summed E-state index contributed by atoms with van der Waals surface area (Å²) in [6.07, 6.45) is 0. The van der Waals surface area contributed by atoms with E-state index in [0.29, 0.717) is 6.54 Å². The number of rotatable bonds is 4. The van der Waals surface area contributed by atoms with E-state index in [1.165, 1.54) is 18.3 Å².